The van der Waals surface area contributed by atoms with Crippen molar-refractivity contribution in [1.82, 2.24) is 10.2 Å². The molecule has 4 heteroatoms. The van der Waals surface area contributed by atoms with Crippen LogP contribution in [0.4, 0.5) is 10.5 Å². The lowest BCUT2D eigenvalue weighted by molar-refractivity contribution is 0.209. The molecular weight excluding hydrogens is 226 g/mol. The maximum absolute atomic E-state index is 11.8. The lowest BCUT2D eigenvalue weighted by atomic mass is 10.3. The number of carbonyl (C=O) groups excluding carboxylic acids is 1. The van der Waals surface area contributed by atoms with Crippen molar-refractivity contribution in [2.45, 2.75) is 12.8 Å². The van der Waals surface area contributed by atoms with Crippen molar-refractivity contribution >= 4 is 11.7 Å². The number of hydrogen-bond donors (Lipinski definition) is 1. The Labute approximate surface area is 109 Å². The number of carbonyl (C=O) groups is 1. The molecule has 1 fully saturated rings. The fraction of sp³-hybridized carbons (Fsp3) is 0.500. The second kappa shape index (κ2) is 6.28. The molecule has 1 aromatic rings. The van der Waals surface area contributed by atoms with Crippen LogP contribution in [-0.2, 0) is 0 Å². The molecule has 0 radical (unpaired) electrons. The van der Waals surface area contributed by atoms with E-state index in [2.05, 4.69) is 22.3 Å². The summed E-state index contributed by atoms with van der Waals surface area (Å²) in [4.78, 5) is 15.8. The van der Waals surface area contributed by atoms with Crippen molar-refractivity contribution in [3.05, 3.63) is 30.3 Å². The maximum Gasteiger partial charge on any atom is 0.317 e. The standard InChI is InChI=1S/C14H21N3O/c1-16(13-7-3-2-4-8-13)12-9-15-14(18)17-10-5-6-11-17/h2-4,7-8H,5-6,9-12H2,1H3,(H,15,18). The van der Waals surface area contributed by atoms with E-state index in [0.717, 1.165) is 32.5 Å². The van der Waals surface area contributed by atoms with Gasteiger partial charge in [0, 0.05) is 38.9 Å². The van der Waals surface area contributed by atoms with Gasteiger partial charge in [-0.2, -0.15) is 0 Å². The number of anilines is 1. The van der Waals surface area contributed by atoms with Crippen LogP contribution >= 0.6 is 0 Å². The van der Waals surface area contributed by atoms with Crippen LogP contribution in [0, 0.1) is 0 Å². The average molecular weight is 247 g/mol. The number of nitrogens with one attached hydrogen (secondary N) is 1. The van der Waals surface area contributed by atoms with E-state index in [0.29, 0.717) is 6.54 Å². The summed E-state index contributed by atoms with van der Waals surface area (Å²) in [5.74, 6) is 0. The Kier molecular flexibility index (Phi) is 4.45. The van der Waals surface area contributed by atoms with Crippen molar-refractivity contribution in [3.63, 3.8) is 0 Å². The van der Waals surface area contributed by atoms with E-state index >= 15 is 0 Å². The highest BCUT2D eigenvalue weighted by Crippen LogP contribution is 2.10. The molecule has 4 nitrogen and oxygen atoms in total. The Morgan fingerprint density at radius 3 is 2.61 bits per heavy atom. The van der Waals surface area contributed by atoms with Gasteiger partial charge in [0.05, 0.1) is 0 Å². The van der Waals surface area contributed by atoms with E-state index in [9.17, 15) is 4.79 Å². The molecule has 0 saturated carbocycles. The molecular formula is C14H21N3O. The number of rotatable bonds is 4. The van der Waals surface area contributed by atoms with E-state index in [1.807, 2.05) is 30.1 Å². The number of amides is 2. The van der Waals surface area contributed by atoms with E-state index in [1.165, 1.54) is 5.69 Å². The molecule has 1 aliphatic rings. The lowest BCUT2D eigenvalue weighted by Gasteiger charge is -2.21. The number of urea groups is 1. The Balaban J connectivity index is 1.70. The van der Waals surface area contributed by atoms with Crippen LogP contribution in [0.1, 0.15) is 12.8 Å². The molecule has 2 rings (SSSR count). The fourth-order valence-corrected chi connectivity index (χ4v) is 2.17. The summed E-state index contributed by atoms with van der Waals surface area (Å²) in [5, 5.41) is 2.97. The summed E-state index contributed by atoms with van der Waals surface area (Å²) >= 11 is 0. The number of likely N-dealkylation sites (tertiary alicyclic amines) is 1. The molecule has 0 spiro atoms. The van der Waals surface area contributed by atoms with Gasteiger partial charge in [0.1, 0.15) is 0 Å². The topological polar surface area (TPSA) is 35.6 Å². The molecule has 0 bridgehead atoms. The van der Waals surface area contributed by atoms with Gasteiger partial charge < -0.3 is 15.1 Å². The minimum Gasteiger partial charge on any atom is -0.373 e. The zero-order valence-electron chi connectivity index (χ0n) is 10.9. The molecule has 0 aromatic heterocycles. The summed E-state index contributed by atoms with van der Waals surface area (Å²) in [6.07, 6.45) is 2.27. The first-order valence-corrected chi connectivity index (χ1v) is 6.56. The number of para-hydroxylation sites is 1. The van der Waals surface area contributed by atoms with E-state index < -0.39 is 0 Å². The van der Waals surface area contributed by atoms with E-state index in [-0.39, 0.29) is 6.03 Å². The maximum atomic E-state index is 11.8. The first kappa shape index (κ1) is 12.7. The summed E-state index contributed by atoms with van der Waals surface area (Å²) in [7, 11) is 2.04. The zero-order valence-corrected chi connectivity index (χ0v) is 10.9. The van der Waals surface area contributed by atoms with Crippen LogP contribution in [0.5, 0.6) is 0 Å². The summed E-state index contributed by atoms with van der Waals surface area (Å²) < 4.78 is 0. The van der Waals surface area contributed by atoms with Crippen molar-refractivity contribution < 1.29 is 4.79 Å². The molecule has 1 aliphatic heterocycles. The van der Waals surface area contributed by atoms with E-state index in [1.54, 1.807) is 0 Å². The van der Waals surface area contributed by atoms with Gasteiger partial charge in [-0.25, -0.2) is 4.79 Å². The van der Waals surface area contributed by atoms with Crippen LogP contribution < -0.4 is 10.2 Å². The summed E-state index contributed by atoms with van der Waals surface area (Å²) in [6, 6.07) is 10.3. The molecule has 18 heavy (non-hydrogen) atoms. The van der Waals surface area contributed by atoms with Gasteiger partial charge in [0.2, 0.25) is 0 Å². The highest BCUT2D eigenvalue weighted by molar-refractivity contribution is 5.74. The van der Waals surface area contributed by atoms with Crippen LogP contribution in [0.3, 0.4) is 0 Å². The minimum absolute atomic E-state index is 0.0777. The van der Waals surface area contributed by atoms with Gasteiger partial charge in [0.25, 0.3) is 0 Å². The third-order valence-corrected chi connectivity index (χ3v) is 3.31. The second-order valence-electron chi connectivity index (χ2n) is 4.68. The normalized spacial score (nSPS) is 14.6. The minimum atomic E-state index is 0.0777. The smallest absolute Gasteiger partial charge is 0.317 e. The fourth-order valence-electron chi connectivity index (χ4n) is 2.17. The molecule has 1 heterocycles. The molecule has 1 N–H and O–H groups in total. The second-order valence-corrected chi connectivity index (χ2v) is 4.68. The van der Waals surface area contributed by atoms with Crippen LogP contribution in [-0.4, -0.2) is 44.2 Å². The van der Waals surface area contributed by atoms with E-state index in [4.69, 9.17) is 0 Å². The zero-order chi connectivity index (χ0) is 12.8. The SMILES string of the molecule is CN(CCNC(=O)N1CCCC1)c1ccccc1. The Morgan fingerprint density at radius 2 is 1.94 bits per heavy atom. The van der Waals surface area contributed by atoms with Gasteiger partial charge in [-0.15, -0.1) is 0 Å². The predicted octanol–water partition coefficient (Wildman–Crippen LogP) is 1.93. The third kappa shape index (κ3) is 3.39. The number of benzene rings is 1. The Bertz CT molecular complexity index is 374. The van der Waals surface area contributed by atoms with Gasteiger partial charge in [-0.1, -0.05) is 18.2 Å². The largest absolute Gasteiger partial charge is 0.373 e. The Morgan fingerprint density at radius 1 is 1.28 bits per heavy atom. The molecule has 1 saturated heterocycles. The molecule has 0 atom stereocenters. The quantitative estimate of drug-likeness (QED) is 0.882. The summed E-state index contributed by atoms with van der Waals surface area (Å²) in [6.45, 7) is 3.31. The van der Waals surface area contributed by atoms with Gasteiger partial charge in [-0.3, -0.25) is 0 Å². The first-order chi connectivity index (χ1) is 8.77. The predicted molar refractivity (Wildman–Crippen MR) is 73.9 cm³/mol. The van der Waals surface area contributed by atoms with Crippen molar-refractivity contribution in [1.29, 1.82) is 0 Å². The third-order valence-electron chi connectivity index (χ3n) is 3.31. The monoisotopic (exact) mass is 247 g/mol. The van der Waals surface area contributed by atoms with Crippen molar-refractivity contribution in [3.8, 4) is 0 Å². The number of hydrogen-bond acceptors (Lipinski definition) is 2. The first-order valence-electron chi connectivity index (χ1n) is 6.56. The van der Waals surface area contributed by atoms with Crippen LogP contribution in [0.25, 0.3) is 0 Å². The number of likely N-dealkylation sites (N-methyl/N-ethyl adjacent to an activating group) is 1. The highest BCUT2D eigenvalue weighted by atomic mass is 16.2. The van der Waals surface area contributed by atoms with Crippen molar-refractivity contribution in [2.75, 3.05) is 38.1 Å². The highest BCUT2D eigenvalue weighted by Gasteiger charge is 2.16. The van der Waals surface area contributed by atoms with Crippen LogP contribution in [0.2, 0.25) is 0 Å². The average Bonchev–Trinajstić information content (AvgIpc) is 2.93. The lowest BCUT2D eigenvalue weighted by Crippen LogP contribution is -2.41. The number of nitrogens with zero attached hydrogens (tertiary/aromatic N) is 2. The van der Waals surface area contributed by atoms with Crippen LogP contribution in [0.15, 0.2) is 30.3 Å². The van der Waals surface area contributed by atoms with Gasteiger partial charge in [-0.05, 0) is 25.0 Å². The van der Waals surface area contributed by atoms with Gasteiger partial charge in [0.15, 0.2) is 0 Å². The Hall–Kier alpha value is -1.71. The molecule has 1 aromatic carbocycles. The molecule has 2 amide bonds. The molecule has 0 aliphatic carbocycles. The van der Waals surface area contributed by atoms with Gasteiger partial charge >= 0.3 is 6.03 Å². The summed E-state index contributed by atoms with van der Waals surface area (Å²) in [5.41, 5.74) is 1.17. The molecule has 98 valence electrons. The van der Waals surface area contributed by atoms with Crippen molar-refractivity contribution in [2.24, 2.45) is 0 Å². The molecule has 0 unspecified atom stereocenters.